The lowest BCUT2D eigenvalue weighted by Gasteiger charge is -1.94. The molecule has 0 amide bonds. The smallest absolute Gasteiger partial charge is 0.311 e. The maximum atomic E-state index is 5.19. The van der Waals surface area contributed by atoms with Gasteiger partial charge in [-0.2, -0.15) is 0 Å². The largest absolute Gasteiger partial charge is 0.464 e. The number of ether oxygens (including phenoxy) is 1. The Kier molecular flexibility index (Phi) is 3.06. The van der Waals surface area contributed by atoms with Gasteiger partial charge in [0.05, 0.1) is 12.7 Å². The quantitative estimate of drug-likeness (QED) is 0.854. The molecule has 0 aliphatic heterocycles. The van der Waals surface area contributed by atoms with Crippen LogP contribution in [0.2, 0.25) is 0 Å². The van der Waals surface area contributed by atoms with Gasteiger partial charge in [0.15, 0.2) is 0 Å². The van der Waals surface area contributed by atoms with Crippen LogP contribution in [0.1, 0.15) is 6.92 Å². The van der Waals surface area contributed by atoms with Crippen LogP contribution < -0.4 is 4.74 Å². The number of benzene rings is 1. The van der Waals surface area contributed by atoms with Crippen LogP contribution >= 0.6 is 15.9 Å². The van der Waals surface area contributed by atoms with E-state index < -0.39 is 0 Å². The Hall–Kier alpha value is -1.29. The molecule has 0 bridgehead atoms. The highest BCUT2D eigenvalue weighted by Crippen LogP contribution is 2.24. The number of rotatable bonds is 3. The van der Waals surface area contributed by atoms with E-state index in [-0.39, 0.29) is 0 Å². The summed E-state index contributed by atoms with van der Waals surface area (Å²) < 4.78 is 11.2. The van der Waals surface area contributed by atoms with Crippen molar-refractivity contribution in [1.82, 2.24) is 5.16 Å². The van der Waals surface area contributed by atoms with E-state index in [2.05, 4.69) is 21.1 Å². The topological polar surface area (TPSA) is 35.3 Å². The zero-order valence-corrected chi connectivity index (χ0v) is 9.82. The van der Waals surface area contributed by atoms with Crippen LogP contribution in [0, 0.1) is 0 Å². The molecule has 4 heteroatoms. The lowest BCUT2D eigenvalue weighted by atomic mass is 10.2. The van der Waals surface area contributed by atoms with Crippen LogP contribution in [0.5, 0.6) is 5.95 Å². The second-order valence-electron chi connectivity index (χ2n) is 2.97. The summed E-state index contributed by atoms with van der Waals surface area (Å²) in [6.45, 7) is 2.48. The maximum absolute atomic E-state index is 5.19. The van der Waals surface area contributed by atoms with Gasteiger partial charge in [-0.15, -0.1) is 0 Å². The Labute approximate surface area is 96.2 Å². The highest BCUT2D eigenvalue weighted by Gasteiger charge is 2.06. The van der Waals surface area contributed by atoms with Crippen LogP contribution in [0.25, 0.3) is 11.3 Å². The van der Waals surface area contributed by atoms with Gasteiger partial charge in [-0.1, -0.05) is 33.2 Å². The van der Waals surface area contributed by atoms with Crippen molar-refractivity contribution in [1.29, 1.82) is 0 Å². The molecule has 0 saturated heterocycles. The molecule has 3 nitrogen and oxygen atoms in total. The zero-order chi connectivity index (χ0) is 10.7. The van der Waals surface area contributed by atoms with Crippen molar-refractivity contribution in [3.05, 3.63) is 34.8 Å². The van der Waals surface area contributed by atoms with Gasteiger partial charge < -0.3 is 9.26 Å². The predicted molar refractivity (Wildman–Crippen MR) is 60.8 cm³/mol. The molecule has 0 N–H and O–H groups in total. The first-order valence-corrected chi connectivity index (χ1v) is 5.44. The lowest BCUT2D eigenvalue weighted by Crippen LogP contribution is -1.87. The number of aromatic nitrogens is 1. The highest BCUT2D eigenvalue weighted by molar-refractivity contribution is 9.10. The average molecular weight is 268 g/mol. The SMILES string of the molecule is CCOc1cc(-c2ccc(Br)cc2)no1. The van der Waals surface area contributed by atoms with Crippen LogP contribution in [0.15, 0.2) is 39.3 Å². The minimum absolute atomic E-state index is 0.454. The van der Waals surface area contributed by atoms with Gasteiger partial charge in [-0.25, -0.2) is 0 Å². The van der Waals surface area contributed by atoms with E-state index in [1.165, 1.54) is 0 Å². The molecule has 78 valence electrons. The van der Waals surface area contributed by atoms with Crippen LogP contribution in [-0.4, -0.2) is 11.8 Å². The minimum Gasteiger partial charge on any atom is -0.464 e. The normalized spacial score (nSPS) is 10.3. The number of halogens is 1. The molecule has 2 rings (SSSR count). The van der Waals surface area contributed by atoms with E-state index in [0.29, 0.717) is 12.6 Å². The first-order chi connectivity index (χ1) is 7.29. The van der Waals surface area contributed by atoms with Crippen LogP contribution in [0.3, 0.4) is 0 Å². The van der Waals surface area contributed by atoms with E-state index in [4.69, 9.17) is 9.26 Å². The molecule has 0 aliphatic rings. The molecule has 1 aromatic heterocycles. The second-order valence-corrected chi connectivity index (χ2v) is 3.89. The third-order valence-corrected chi connectivity index (χ3v) is 2.44. The maximum Gasteiger partial charge on any atom is 0.311 e. The van der Waals surface area contributed by atoms with E-state index >= 15 is 0 Å². The van der Waals surface area contributed by atoms with Gasteiger partial charge in [0.2, 0.25) is 0 Å². The lowest BCUT2D eigenvalue weighted by molar-refractivity contribution is 0.226. The van der Waals surface area contributed by atoms with E-state index in [9.17, 15) is 0 Å². The molecular formula is C11H10BrNO2. The summed E-state index contributed by atoms with van der Waals surface area (Å²) in [4.78, 5) is 0. The van der Waals surface area contributed by atoms with E-state index in [1.54, 1.807) is 6.07 Å². The second kappa shape index (κ2) is 4.49. The molecule has 0 radical (unpaired) electrons. The van der Waals surface area contributed by atoms with E-state index in [1.807, 2.05) is 31.2 Å². The Bertz CT molecular complexity index is 436. The first kappa shape index (κ1) is 10.2. The van der Waals surface area contributed by atoms with Crippen molar-refractivity contribution in [2.75, 3.05) is 6.61 Å². The standard InChI is InChI=1S/C11H10BrNO2/c1-2-14-11-7-10(13-15-11)8-3-5-9(12)6-4-8/h3-7H,2H2,1H3. The summed E-state index contributed by atoms with van der Waals surface area (Å²) in [5, 5.41) is 3.92. The molecule has 0 saturated carbocycles. The van der Waals surface area contributed by atoms with Gasteiger partial charge in [-0.3, -0.25) is 0 Å². The first-order valence-electron chi connectivity index (χ1n) is 4.65. The molecule has 0 spiro atoms. The predicted octanol–water partition coefficient (Wildman–Crippen LogP) is 3.50. The van der Waals surface area contributed by atoms with Crippen molar-refractivity contribution in [3.8, 4) is 17.2 Å². The summed E-state index contributed by atoms with van der Waals surface area (Å²) >= 11 is 3.38. The molecule has 0 aliphatic carbocycles. The summed E-state index contributed by atoms with van der Waals surface area (Å²) in [6, 6.07) is 9.65. The Morgan fingerprint density at radius 3 is 2.73 bits per heavy atom. The fourth-order valence-electron chi connectivity index (χ4n) is 1.23. The van der Waals surface area contributed by atoms with E-state index in [0.717, 1.165) is 15.7 Å². The third-order valence-electron chi connectivity index (χ3n) is 1.92. The van der Waals surface area contributed by atoms with Gasteiger partial charge >= 0.3 is 5.95 Å². The molecule has 0 unspecified atom stereocenters. The summed E-state index contributed by atoms with van der Waals surface area (Å²) in [7, 11) is 0. The van der Waals surface area contributed by atoms with Gasteiger partial charge in [-0.05, 0) is 19.1 Å². The molecule has 15 heavy (non-hydrogen) atoms. The highest BCUT2D eigenvalue weighted by atomic mass is 79.9. The van der Waals surface area contributed by atoms with Crippen LogP contribution in [0.4, 0.5) is 0 Å². The van der Waals surface area contributed by atoms with Gasteiger partial charge in [0.25, 0.3) is 0 Å². The van der Waals surface area contributed by atoms with Crippen molar-refractivity contribution < 1.29 is 9.26 Å². The molecule has 2 aromatic rings. The van der Waals surface area contributed by atoms with Crippen molar-refractivity contribution in [3.63, 3.8) is 0 Å². The van der Waals surface area contributed by atoms with Crippen molar-refractivity contribution in [2.24, 2.45) is 0 Å². The van der Waals surface area contributed by atoms with Crippen molar-refractivity contribution >= 4 is 15.9 Å². The van der Waals surface area contributed by atoms with Crippen LogP contribution in [-0.2, 0) is 0 Å². The Morgan fingerprint density at radius 1 is 1.33 bits per heavy atom. The average Bonchev–Trinajstić information content (AvgIpc) is 2.68. The molecule has 1 aromatic carbocycles. The number of hydrogen-bond donors (Lipinski definition) is 0. The fourth-order valence-corrected chi connectivity index (χ4v) is 1.49. The van der Waals surface area contributed by atoms with Gasteiger partial charge in [0, 0.05) is 10.0 Å². The monoisotopic (exact) mass is 267 g/mol. The van der Waals surface area contributed by atoms with Crippen molar-refractivity contribution in [2.45, 2.75) is 6.92 Å². The summed E-state index contributed by atoms with van der Waals surface area (Å²) in [5.41, 5.74) is 1.79. The van der Waals surface area contributed by atoms with Gasteiger partial charge in [0.1, 0.15) is 5.69 Å². The zero-order valence-electron chi connectivity index (χ0n) is 8.24. The Balaban J connectivity index is 2.25. The minimum atomic E-state index is 0.454. The molecule has 0 fully saturated rings. The molecule has 0 atom stereocenters. The number of nitrogens with zero attached hydrogens (tertiary/aromatic N) is 1. The fraction of sp³-hybridized carbons (Fsp3) is 0.182. The summed E-state index contributed by atoms with van der Waals surface area (Å²) in [6.07, 6.45) is 0. The Morgan fingerprint density at radius 2 is 2.07 bits per heavy atom. The summed E-state index contributed by atoms with van der Waals surface area (Å²) in [5.74, 6) is 0.454. The molecule has 1 heterocycles. The molecular weight excluding hydrogens is 258 g/mol. The number of hydrogen-bond acceptors (Lipinski definition) is 3. The third kappa shape index (κ3) is 2.39.